The number of imidazole rings is 1. The Morgan fingerprint density at radius 2 is 1.66 bits per heavy atom. The minimum Gasteiger partial charge on any atom is -0.481 e. The third-order valence-corrected chi connectivity index (χ3v) is 5.81. The van der Waals surface area contributed by atoms with E-state index in [1.807, 2.05) is 24.3 Å². The summed E-state index contributed by atoms with van der Waals surface area (Å²) in [7, 11) is 0. The molecule has 1 aromatic carbocycles. The Balaban J connectivity index is 1.74. The number of amides is 3. The maximum atomic E-state index is 13.2. The molecule has 0 fully saturated rings. The number of fused-ring (bicyclic) bond motifs is 1. The Bertz CT molecular complexity index is 1300. The molecule has 14 heteroatoms. The van der Waals surface area contributed by atoms with E-state index in [1.54, 1.807) is 6.20 Å². The average Bonchev–Trinajstić information content (AvgIpc) is 3.52. The van der Waals surface area contributed by atoms with Crippen molar-refractivity contribution in [1.29, 1.82) is 0 Å². The normalized spacial score (nSPS) is 14.2. The summed E-state index contributed by atoms with van der Waals surface area (Å²) in [6, 6.07) is 2.33. The summed E-state index contributed by atoms with van der Waals surface area (Å²) in [6.07, 6.45) is 4.05. The zero-order valence-electron chi connectivity index (χ0n) is 20.4. The largest absolute Gasteiger partial charge is 0.481 e. The van der Waals surface area contributed by atoms with E-state index in [9.17, 15) is 24.0 Å². The molecule has 3 rings (SSSR count). The second-order valence-corrected chi connectivity index (χ2v) is 8.74. The molecule has 0 bridgehead atoms. The van der Waals surface area contributed by atoms with Gasteiger partial charge in [-0.05, 0) is 18.6 Å². The lowest BCUT2D eigenvalue weighted by atomic mass is 10.0. The topological polar surface area (TPSA) is 232 Å². The summed E-state index contributed by atoms with van der Waals surface area (Å²) < 4.78 is 0. The van der Waals surface area contributed by atoms with E-state index in [0.717, 1.165) is 16.5 Å². The first kappa shape index (κ1) is 27.9. The molecule has 38 heavy (non-hydrogen) atoms. The highest BCUT2D eigenvalue weighted by atomic mass is 16.4. The van der Waals surface area contributed by atoms with Crippen LogP contribution in [0.15, 0.2) is 43.0 Å². The van der Waals surface area contributed by atoms with Crippen molar-refractivity contribution in [2.45, 2.75) is 50.4 Å². The fourth-order valence-corrected chi connectivity index (χ4v) is 3.79. The minimum atomic E-state index is -1.68. The molecule has 0 saturated carbocycles. The number of nitrogens with one attached hydrogen (secondary N) is 5. The first-order chi connectivity index (χ1) is 18.0. The van der Waals surface area contributed by atoms with Crippen molar-refractivity contribution in [2.75, 3.05) is 0 Å². The molecule has 0 aliphatic rings. The van der Waals surface area contributed by atoms with E-state index in [4.69, 9.17) is 15.9 Å². The van der Waals surface area contributed by atoms with E-state index in [-0.39, 0.29) is 12.8 Å². The second-order valence-electron chi connectivity index (χ2n) is 8.74. The number of rotatable bonds is 13. The molecule has 0 aliphatic carbocycles. The third kappa shape index (κ3) is 7.39. The molecule has 3 aromatic rings. The molecule has 14 nitrogen and oxygen atoms in total. The monoisotopic (exact) mass is 527 g/mol. The van der Waals surface area contributed by atoms with Gasteiger partial charge in [0.25, 0.3) is 0 Å². The van der Waals surface area contributed by atoms with Crippen LogP contribution in [-0.2, 0) is 36.8 Å². The number of hydrogen-bond donors (Lipinski definition) is 8. The SMILES string of the molecule is CC(NC(=O)C(Cc1c[nH]c2ccccc12)NC(=O)C(N)Cc1cnc[nH]1)C(=O)NC(CC(=O)O)C(=O)O. The molecular weight excluding hydrogens is 498 g/mol. The highest BCUT2D eigenvalue weighted by molar-refractivity contribution is 5.95. The summed E-state index contributed by atoms with van der Waals surface area (Å²) in [5.74, 6) is -5.17. The van der Waals surface area contributed by atoms with Crippen LogP contribution in [0.1, 0.15) is 24.6 Å². The highest BCUT2D eigenvalue weighted by Gasteiger charge is 2.30. The number of para-hydroxylation sites is 1. The van der Waals surface area contributed by atoms with Gasteiger partial charge < -0.3 is 41.9 Å². The van der Waals surface area contributed by atoms with Crippen molar-refractivity contribution < 1.29 is 34.2 Å². The van der Waals surface area contributed by atoms with Crippen LogP contribution in [0.5, 0.6) is 0 Å². The van der Waals surface area contributed by atoms with Crippen molar-refractivity contribution in [2.24, 2.45) is 5.73 Å². The maximum Gasteiger partial charge on any atom is 0.326 e. The van der Waals surface area contributed by atoms with Crippen molar-refractivity contribution in [3.63, 3.8) is 0 Å². The van der Waals surface area contributed by atoms with Crippen LogP contribution in [-0.4, -0.2) is 79.0 Å². The number of carbonyl (C=O) groups excluding carboxylic acids is 3. The van der Waals surface area contributed by atoms with Crippen molar-refractivity contribution >= 4 is 40.6 Å². The predicted octanol–water partition coefficient (Wildman–Crippen LogP) is -0.963. The van der Waals surface area contributed by atoms with Gasteiger partial charge in [-0.2, -0.15) is 0 Å². The molecule has 2 heterocycles. The van der Waals surface area contributed by atoms with Gasteiger partial charge in [0.2, 0.25) is 17.7 Å². The van der Waals surface area contributed by atoms with E-state index in [0.29, 0.717) is 5.69 Å². The minimum absolute atomic E-state index is 0.0590. The zero-order chi connectivity index (χ0) is 27.8. The Labute approximate surface area is 216 Å². The van der Waals surface area contributed by atoms with Gasteiger partial charge >= 0.3 is 11.9 Å². The Morgan fingerprint density at radius 1 is 0.947 bits per heavy atom. The van der Waals surface area contributed by atoms with E-state index < -0.39 is 60.2 Å². The van der Waals surface area contributed by atoms with Crippen molar-refractivity contribution in [3.05, 3.63) is 54.2 Å². The fourth-order valence-electron chi connectivity index (χ4n) is 3.79. The molecule has 202 valence electrons. The number of benzene rings is 1. The van der Waals surface area contributed by atoms with Gasteiger partial charge in [-0.3, -0.25) is 19.2 Å². The van der Waals surface area contributed by atoms with E-state index >= 15 is 0 Å². The number of carboxylic acids is 2. The third-order valence-electron chi connectivity index (χ3n) is 5.81. The molecule has 0 aliphatic heterocycles. The van der Waals surface area contributed by atoms with Crippen LogP contribution < -0.4 is 21.7 Å². The Hall–Kier alpha value is -4.72. The van der Waals surface area contributed by atoms with Gasteiger partial charge in [0.05, 0.1) is 18.8 Å². The maximum absolute atomic E-state index is 13.2. The number of aromatic nitrogens is 3. The predicted molar refractivity (Wildman–Crippen MR) is 134 cm³/mol. The van der Waals surface area contributed by atoms with E-state index in [2.05, 4.69) is 30.9 Å². The van der Waals surface area contributed by atoms with Gasteiger partial charge in [0, 0.05) is 41.8 Å². The van der Waals surface area contributed by atoms with Gasteiger partial charge in [0.1, 0.15) is 18.1 Å². The number of nitrogens with zero attached hydrogens (tertiary/aromatic N) is 1. The molecule has 9 N–H and O–H groups in total. The van der Waals surface area contributed by atoms with Gasteiger partial charge in [-0.1, -0.05) is 18.2 Å². The van der Waals surface area contributed by atoms with Gasteiger partial charge in [-0.25, -0.2) is 9.78 Å². The first-order valence-corrected chi connectivity index (χ1v) is 11.7. The number of H-pyrrole nitrogens is 2. The summed E-state index contributed by atoms with van der Waals surface area (Å²) in [6.45, 7) is 1.31. The van der Waals surface area contributed by atoms with Gasteiger partial charge in [0.15, 0.2) is 0 Å². The molecule has 4 atom stereocenters. The van der Waals surface area contributed by atoms with Crippen LogP contribution in [0.4, 0.5) is 0 Å². The molecule has 0 radical (unpaired) electrons. The highest BCUT2D eigenvalue weighted by Crippen LogP contribution is 2.19. The molecule has 0 saturated heterocycles. The summed E-state index contributed by atoms with van der Waals surface area (Å²) >= 11 is 0. The van der Waals surface area contributed by atoms with Crippen LogP contribution in [0.25, 0.3) is 10.9 Å². The quantitative estimate of drug-likeness (QED) is 0.136. The molecule has 0 spiro atoms. The van der Waals surface area contributed by atoms with E-state index in [1.165, 1.54) is 19.4 Å². The summed E-state index contributed by atoms with van der Waals surface area (Å²) in [4.78, 5) is 70.6. The second kappa shape index (κ2) is 12.5. The number of carbonyl (C=O) groups is 5. The number of aromatic amines is 2. The van der Waals surface area contributed by atoms with Crippen molar-refractivity contribution in [1.82, 2.24) is 30.9 Å². The number of hydrogen-bond acceptors (Lipinski definition) is 7. The first-order valence-electron chi connectivity index (χ1n) is 11.7. The smallest absolute Gasteiger partial charge is 0.326 e. The number of nitrogens with two attached hydrogens (primary N) is 1. The number of carboxylic acid groups (broad SMARTS) is 2. The van der Waals surface area contributed by atoms with Gasteiger partial charge in [-0.15, -0.1) is 0 Å². The average molecular weight is 528 g/mol. The van der Waals surface area contributed by atoms with Crippen LogP contribution in [0.2, 0.25) is 0 Å². The lowest BCUT2D eigenvalue weighted by Crippen LogP contribution is -2.57. The lowest BCUT2D eigenvalue weighted by molar-refractivity contribution is -0.147. The van der Waals surface area contributed by atoms with Crippen molar-refractivity contribution in [3.8, 4) is 0 Å². The summed E-state index contributed by atoms with van der Waals surface area (Å²) in [5, 5.41) is 26.0. The Kier molecular flexibility index (Phi) is 9.16. The molecule has 4 unspecified atom stereocenters. The van der Waals surface area contributed by atoms with Crippen LogP contribution in [0, 0.1) is 0 Å². The van der Waals surface area contributed by atoms with Crippen LogP contribution in [0.3, 0.4) is 0 Å². The van der Waals surface area contributed by atoms with Crippen LogP contribution >= 0.6 is 0 Å². The molecule has 3 amide bonds. The lowest BCUT2D eigenvalue weighted by Gasteiger charge is -2.23. The zero-order valence-corrected chi connectivity index (χ0v) is 20.4. The summed E-state index contributed by atoms with van der Waals surface area (Å²) in [5.41, 5.74) is 8.22. The molecular formula is C24H29N7O7. The number of aliphatic carboxylic acids is 2. The fraction of sp³-hybridized carbons (Fsp3) is 0.333. The standard InChI is InChI=1S/C24H29N7O7/c1-12(21(34)31-19(24(37)38)8-20(32)33)29-23(36)18(6-13-9-27-17-5-3-2-4-15(13)17)30-22(35)16(25)7-14-10-26-11-28-14/h2-5,9-12,16,18-19,27H,6-8,25H2,1H3,(H,26,28)(H,29,36)(H,30,35)(H,31,34)(H,32,33)(H,37,38). The molecule has 2 aromatic heterocycles. The Morgan fingerprint density at radius 3 is 2.32 bits per heavy atom.